The topological polar surface area (TPSA) is 46.6 Å². The Morgan fingerprint density at radius 3 is 2.29 bits per heavy atom. The van der Waals surface area contributed by atoms with Crippen LogP contribution in [-0.2, 0) is 14.3 Å². The average Bonchev–Trinajstić information content (AvgIpc) is 2.46. The van der Waals surface area contributed by atoms with Gasteiger partial charge >= 0.3 is 5.97 Å². The number of likely N-dealkylation sites (N-methyl/N-ethyl adjacent to an activating group) is 1. The third-order valence-electron chi connectivity index (χ3n) is 3.42. The minimum Gasteiger partial charge on any atom is -0.469 e. The van der Waals surface area contributed by atoms with E-state index in [1.807, 2.05) is 26.0 Å². The summed E-state index contributed by atoms with van der Waals surface area (Å²) in [6, 6.07) is 7.32. The fraction of sp³-hybridized carbons (Fsp3) is 0.500. The van der Waals surface area contributed by atoms with E-state index < -0.39 is 0 Å². The molecule has 0 bridgehead atoms. The number of esters is 1. The summed E-state index contributed by atoms with van der Waals surface area (Å²) >= 11 is 5.89. The van der Waals surface area contributed by atoms with E-state index >= 15 is 0 Å². The SMILES string of the molecule is COC(=O)CCN(C)C(=O)C(c1ccc(Cl)cc1)C(C)C. The Kier molecular flexibility index (Phi) is 6.69. The van der Waals surface area contributed by atoms with Crippen molar-refractivity contribution in [2.24, 2.45) is 5.92 Å². The van der Waals surface area contributed by atoms with Gasteiger partial charge in [-0.1, -0.05) is 37.6 Å². The molecule has 116 valence electrons. The van der Waals surface area contributed by atoms with E-state index in [9.17, 15) is 9.59 Å². The monoisotopic (exact) mass is 311 g/mol. The van der Waals surface area contributed by atoms with Crippen LogP contribution in [0.4, 0.5) is 0 Å². The van der Waals surface area contributed by atoms with Crippen molar-refractivity contribution >= 4 is 23.5 Å². The Hall–Kier alpha value is -1.55. The molecule has 0 saturated carbocycles. The highest BCUT2D eigenvalue weighted by Crippen LogP contribution is 2.27. The molecule has 0 heterocycles. The second-order valence-electron chi connectivity index (χ2n) is 5.36. The molecule has 0 aromatic heterocycles. The summed E-state index contributed by atoms with van der Waals surface area (Å²) in [5.74, 6) is -0.414. The van der Waals surface area contributed by atoms with Gasteiger partial charge in [-0.2, -0.15) is 0 Å². The molecular weight excluding hydrogens is 290 g/mol. The molecule has 1 amide bonds. The zero-order valence-corrected chi connectivity index (χ0v) is 13.7. The van der Waals surface area contributed by atoms with Crippen LogP contribution in [0.5, 0.6) is 0 Å². The molecule has 0 aliphatic heterocycles. The molecule has 0 N–H and O–H groups in total. The minimum absolute atomic E-state index is 0.00349. The lowest BCUT2D eigenvalue weighted by Crippen LogP contribution is -2.35. The van der Waals surface area contributed by atoms with Gasteiger partial charge in [-0.15, -0.1) is 0 Å². The number of methoxy groups -OCH3 is 1. The van der Waals surface area contributed by atoms with Gasteiger partial charge in [0.05, 0.1) is 19.4 Å². The molecular formula is C16H22ClNO3. The highest BCUT2D eigenvalue weighted by molar-refractivity contribution is 6.30. The van der Waals surface area contributed by atoms with Gasteiger partial charge in [0.25, 0.3) is 0 Å². The molecule has 0 aliphatic rings. The lowest BCUT2D eigenvalue weighted by molar-refractivity contribution is -0.141. The summed E-state index contributed by atoms with van der Waals surface area (Å²) in [6.07, 6.45) is 0.199. The molecule has 1 unspecified atom stereocenters. The Labute approximate surface area is 131 Å². The molecule has 1 aromatic carbocycles. The first kappa shape index (κ1) is 17.5. The van der Waals surface area contributed by atoms with Crippen LogP contribution in [0.1, 0.15) is 31.7 Å². The summed E-state index contributed by atoms with van der Waals surface area (Å²) in [6.45, 7) is 4.36. The van der Waals surface area contributed by atoms with Crippen molar-refractivity contribution in [2.75, 3.05) is 20.7 Å². The van der Waals surface area contributed by atoms with Crippen LogP contribution in [0.3, 0.4) is 0 Å². The van der Waals surface area contributed by atoms with Gasteiger partial charge in [0, 0.05) is 18.6 Å². The van der Waals surface area contributed by atoms with Crippen molar-refractivity contribution in [3.63, 3.8) is 0 Å². The average molecular weight is 312 g/mol. The Morgan fingerprint density at radius 1 is 1.24 bits per heavy atom. The fourth-order valence-electron chi connectivity index (χ4n) is 2.19. The molecule has 1 rings (SSSR count). The lowest BCUT2D eigenvalue weighted by Gasteiger charge is -2.26. The van der Waals surface area contributed by atoms with E-state index in [0.29, 0.717) is 11.6 Å². The third-order valence-corrected chi connectivity index (χ3v) is 3.67. The molecule has 1 aromatic rings. The van der Waals surface area contributed by atoms with Gasteiger partial charge in [0.15, 0.2) is 0 Å². The van der Waals surface area contributed by atoms with Gasteiger partial charge in [0.1, 0.15) is 0 Å². The Morgan fingerprint density at radius 2 is 1.81 bits per heavy atom. The first-order chi connectivity index (χ1) is 9.86. The number of amides is 1. The number of ether oxygens (including phenoxy) is 1. The van der Waals surface area contributed by atoms with Crippen molar-refractivity contribution < 1.29 is 14.3 Å². The third kappa shape index (κ3) is 5.05. The maximum absolute atomic E-state index is 12.6. The van der Waals surface area contributed by atoms with E-state index in [2.05, 4.69) is 4.74 Å². The lowest BCUT2D eigenvalue weighted by atomic mass is 9.87. The summed E-state index contributed by atoms with van der Waals surface area (Å²) in [5.41, 5.74) is 0.935. The zero-order valence-electron chi connectivity index (χ0n) is 12.9. The van der Waals surface area contributed by atoms with Gasteiger partial charge in [-0.25, -0.2) is 0 Å². The quantitative estimate of drug-likeness (QED) is 0.758. The number of rotatable bonds is 6. The summed E-state index contributed by atoms with van der Waals surface area (Å²) < 4.78 is 4.59. The number of hydrogen-bond acceptors (Lipinski definition) is 3. The van der Waals surface area contributed by atoms with Crippen LogP contribution in [-0.4, -0.2) is 37.5 Å². The normalized spacial score (nSPS) is 12.1. The van der Waals surface area contributed by atoms with Crippen molar-refractivity contribution in [3.05, 3.63) is 34.9 Å². The maximum atomic E-state index is 12.6. The number of benzene rings is 1. The predicted molar refractivity (Wildman–Crippen MR) is 83.3 cm³/mol. The Bertz CT molecular complexity index is 485. The molecule has 21 heavy (non-hydrogen) atoms. The molecule has 4 nitrogen and oxygen atoms in total. The first-order valence-electron chi connectivity index (χ1n) is 6.94. The largest absolute Gasteiger partial charge is 0.469 e. The van der Waals surface area contributed by atoms with Crippen molar-refractivity contribution in [2.45, 2.75) is 26.2 Å². The summed E-state index contributed by atoms with van der Waals surface area (Å²) in [5, 5.41) is 0.646. The predicted octanol–water partition coefficient (Wildman–Crippen LogP) is 3.10. The smallest absolute Gasteiger partial charge is 0.307 e. The fourth-order valence-corrected chi connectivity index (χ4v) is 2.32. The van der Waals surface area contributed by atoms with Crippen molar-refractivity contribution in [1.29, 1.82) is 0 Å². The van der Waals surface area contributed by atoms with Gasteiger partial charge < -0.3 is 9.64 Å². The van der Waals surface area contributed by atoms with Gasteiger partial charge in [-0.3, -0.25) is 9.59 Å². The molecule has 5 heteroatoms. The second-order valence-corrected chi connectivity index (χ2v) is 5.80. The number of carbonyl (C=O) groups excluding carboxylic acids is 2. The van der Waals surface area contributed by atoms with E-state index in [4.69, 9.17) is 11.6 Å². The van der Waals surface area contributed by atoms with Crippen LogP contribution in [0.15, 0.2) is 24.3 Å². The highest BCUT2D eigenvalue weighted by Gasteiger charge is 2.27. The summed E-state index contributed by atoms with van der Waals surface area (Å²) in [4.78, 5) is 25.4. The van der Waals surface area contributed by atoms with E-state index in [1.54, 1.807) is 24.1 Å². The van der Waals surface area contributed by atoms with E-state index in [0.717, 1.165) is 5.56 Å². The number of nitrogens with zero attached hydrogens (tertiary/aromatic N) is 1. The van der Waals surface area contributed by atoms with Gasteiger partial charge in [-0.05, 0) is 23.6 Å². The van der Waals surface area contributed by atoms with E-state index in [-0.39, 0.29) is 30.1 Å². The highest BCUT2D eigenvalue weighted by atomic mass is 35.5. The summed E-state index contributed by atoms with van der Waals surface area (Å²) in [7, 11) is 3.05. The molecule has 1 atom stereocenters. The van der Waals surface area contributed by atoms with Crippen molar-refractivity contribution in [3.8, 4) is 0 Å². The second kappa shape index (κ2) is 8.03. The van der Waals surface area contributed by atoms with Crippen molar-refractivity contribution in [1.82, 2.24) is 4.90 Å². The number of carbonyl (C=O) groups is 2. The van der Waals surface area contributed by atoms with Crippen LogP contribution >= 0.6 is 11.6 Å². The van der Waals surface area contributed by atoms with Crippen LogP contribution in [0.2, 0.25) is 5.02 Å². The molecule has 0 spiro atoms. The molecule has 0 aliphatic carbocycles. The Balaban J connectivity index is 2.82. The van der Waals surface area contributed by atoms with Crippen LogP contribution < -0.4 is 0 Å². The minimum atomic E-state index is -0.317. The first-order valence-corrected chi connectivity index (χ1v) is 7.31. The van der Waals surface area contributed by atoms with E-state index in [1.165, 1.54) is 7.11 Å². The van der Waals surface area contributed by atoms with Crippen LogP contribution in [0, 0.1) is 5.92 Å². The number of hydrogen-bond donors (Lipinski definition) is 0. The molecule has 0 saturated heterocycles. The zero-order chi connectivity index (χ0) is 16.0. The van der Waals surface area contributed by atoms with Crippen LogP contribution in [0.25, 0.3) is 0 Å². The van der Waals surface area contributed by atoms with Gasteiger partial charge in [0.2, 0.25) is 5.91 Å². The molecule has 0 fully saturated rings. The molecule has 0 radical (unpaired) electrons. The number of halogens is 1. The standard InChI is InChI=1S/C16H22ClNO3/c1-11(2)15(12-5-7-13(17)8-6-12)16(20)18(3)10-9-14(19)21-4/h5-8,11,15H,9-10H2,1-4H3. The maximum Gasteiger partial charge on any atom is 0.307 e.